The van der Waals surface area contributed by atoms with Crippen molar-refractivity contribution in [3.8, 4) is 5.75 Å². The van der Waals surface area contributed by atoms with E-state index in [0.29, 0.717) is 6.54 Å². The molecule has 2 amide bonds. The largest absolute Gasteiger partial charge is 0.465 e. The van der Waals surface area contributed by atoms with Gasteiger partial charge >= 0.3 is 22.1 Å². The molecule has 0 aliphatic heterocycles. The fourth-order valence-corrected chi connectivity index (χ4v) is 2.98. The predicted molar refractivity (Wildman–Crippen MR) is 108 cm³/mol. The second kappa shape index (κ2) is 10.5. The number of esters is 1. The Bertz CT molecular complexity index is 914. The van der Waals surface area contributed by atoms with Crippen LogP contribution in [0.1, 0.15) is 18.1 Å². The van der Waals surface area contributed by atoms with Crippen LogP contribution >= 0.6 is 0 Å². The Hall–Kier alpha value is -3.07. The Balaban J connectivity index is 2.10. The van der Waals surface area contributed by atoms with E-state index in [1.807, 2.05) is 30.3 Å². The molecule has 0 heterocycles. The van der Waals surface area contributed by atoms with Gasteiger partial charge < -0.3 is 19.1 Å². The number of nitrogens with one attached hydrogen (secondary N) is 1. The lowest BCUT2D eigenvalue weighted by Gasteiger charge is -2.23. The number of urea groups is 1. The van der Waals surface area contributed by atoms with Crippen LogP contribution in [-0.2, 0) is 32.7 Å². The summed E-state index contributed by atoms with van der Waals surface area (Å²) < 4.78 is 32.1. The number of hydrogen-bond donors (Lipinski definition) is 1. The van der Waals surface area contributed by atoms with Gasteiger partial charge in [-0.25, -0.2) is 4.79 Å². The lowest BCUT2D eigenvalue weighted by atomic mass is 10.1. The van der Waals surface area contributed by atoms with Crippen LogP contribution < -0.4 is 9.50 Å². The van der Waals surface area contributed by atoms with E-state index in [-0.39, 0.29) is 25.4 Å². The first-order valence-corrected chi connectivity index (χ1v) is 10.8. The van der Waals surface area contributed by atoms with E-state index >= 15 is 0 Å². The SMILES string of the molecule is CCOC(=O)CNC(=O)N(Cc1ccccc1)Cc1ccc(OS(C)(=O)=O)cc1. The van der Waals surface area contributed by atoms with Crippen molar-refractivity contribution in [3.05, 3.63) is 65.7 Å². The molecule has 0 saturated heterocycles. The Morgan fingerprint density at radius 3 is 2.10 bits per heavy atom. The van der Waals surface area contributed by atoms with Crippen molar-refractivity contribution in [1.29, 1.82) is 0 Å². The smallest absolute Gasteiger partial charge is 0.325 e. The number of hydrogen-bond acceptors (Lipinski definition) is 6. The van der Waals surface area contributed by atoms with Crippen LogP contribution in [0.3, 0.4) is 0 Å². The maximum Gasteiger partial charge on any atom is 0.325 e. The quantitative estimate of drug-likeness (QED) is 0.493. The highest BCUT2D eigenvalue weighted by molar-refractivity contribution is 7.86. The van der Waals surface area contributed by atoms with E-state index in [1.165, 1.54) is 12.1 Å². The van der Waals surface area contributed by atoms with Crippen molar-refractivity contribution in [2.24, 2.45) is 0 Å². The molecule has 0 fully saturated rings. The van der Waals surface area contributed by atoms with Crippen LogP contribution in [0.2, 0.25) is 0 Å². The van der Waals surface area contributed by atoms with Gasteiger partial charge in [-0.2, -0.15) is 8.42 Å². The minimum Gasteiger partial charge on any atom is -0.465 e. The topological polar surface area (TPSA) is 102 Å². The number of rotatable bonds is 9. The molecule has 1 N–H and O–H groups in total. The molecule has 2 rings (SSSR count). The van der Waals surface area contributed by atoms with Gasteiger partial charge in [-0.15, -0.1) is 0 Å². The molecule has 0 aliphatic carbocycles. The Kier molecular flexibility index (Phi) is 8.02. The first kappa shape index (κ1) is 22.2. The number of ether oxygens (including phenoxy) is 1. The van der Waals surface area contributed by atoms with Gasteiger partial charge in [-0.1, -0.05) is 42.5 Å². The van der Waals surface area contributed by atoms with Crippen LogP contribution in [0.4, 0.5) is 4.79 Å². The molecular formula is C20H24N2O6S. The predicted octanol–water partition coefficient (Wildman–Crippen LogP) is 2.30. The highest BCUT2D eigenvalue weighted by Gasteiger charge is 2.16. The molecule has 0 spiro atoms. The highest BCUT2D eigenvalue weighted by atomic mass is 32.2. The first-order chi connectivity index (χ1) is 13.8. The van der Waals surface area contributed by atoms with E-state index in [4.69, 9.17) is 8.92 Å². The molecule has 8 nitrogen and oxygen atoms in total. The third-order valence-corrected chi connectivity index (χ3v) is 4.23. The summed E-state index contributed by atoms with van der Waals surface area (Å²) in [5.41, 5.74) is 1.70. The fraction of sp³-hybridized carbons (Fsp3) is 0.300. The summed E-state index contributed by atoms with van der Waals surface area (Å²) in [6.45, 7) is 2.29. The Labute approximate surface area is 170 Å². The van der Waals surface area contributed by atoms with Crippen LogP contribution in [0.15, 0.2) is 54.6 Å². The molecule has 0 radical (unpaired) electrons. The zero-order valence-electron chi connectivity index (χ0n) is 16.3. The van der Waals surface area contributed by atoms with Gasteiger partial charge in [0, 0.05) is 13.1 Å². The normalized spacial score (nSPS) is 10.8. The van der Waals surface area contributed by atoms with Crippen molar-refractivity contribution >= 4 is 22.1 Å². The van der Waals surface area contributed by atoms with E-state index in [2.05, 4.69) is 5.32 Å². The molecule has 0 aliphatic rings. The maximum absolute atomic E-state index is 12.6. The molecule has 156 valence electrons. The molecule has 0 aromatic heterocycles. The first-order valence-electron chi connectivity index (χ1n) is 8.97. The average molecular weight is 420 g/mol. The molecule has 0 atom stereocenters. The van der Waals surface area contributed by atoms with Crippen LogP contribution in [0.25, 0.3) is 0 Å². The zero-order valence-corrected chi connectivity index (χ0v) is 17.1. The second-order valence-corrected chi connectivity index (χ2v) is 7.81. The van der Waals surface area contributed by atoms with Gasteiger partial charge in [0.25, 0.3) is 0 Å². The van der Waals surface area contributed by atoms with Crippen LogP contribution in [0.5, 0.6) is 5.75 Å². The van der Waals surface area contributed by atoms with E-state index in [0.717, 1.165) is 17.4 Å². The minimum absolute atomic E-state index is 0.192. The number of carbonyl (C=O) groups excluding carboxylic acids is 2. The van der Waals surface area contributed by atoms with E-state index in [9.17, 15) is 18.0 Å². The van der Waals surface area contributed by atoms with Crippen molar-refractivity contribution in [1.82, 2.24) is 10.2 Å². The molecule has 0 unspecified atom stereocenters. The average Bonchev–Trinajstić information content (AvgIpc) is 2.67. The van der Waals surface area contributed by atoms with Crippen LogP contribution in [-0.4, -0.2) is 44.7 Å². The zero-order chi connectivity index (χ0) is 21.3. The Morgan fingerprint density at radius 1 is 0.966 bits per heavy atom. The lowest BCUT2D eigenvalue weighted by Crippen LogP contribution is -2.41. The summed E-state index contributed by atoms with van der Waals surface area (Å²) in [4.78, 5) is 25.7. The molecule has 29 heavy (non-hydrogen) atoms. The number of benzene rings is 2. The fourth-order valence-electron chi connectivity index (χ4n) is 2.52. The summed E-state index contributed by atoms with van der Waals surface area (Å²) in [5.74, 6) is -0.319. The van der Waals surface area contributed by atoms with Crippen LogP contribution in [0, 0.1) is 0 Å². The van der Waals surface area contributed by atoms with Crippen molar-refractivity contribution in [2.45, 2.75) is 20.0 Å². The second-order valence-electron chi connectivity index (χ2n) is 6.24. The molecular weight excluding hydrogens is 396 g/mol. The summed E-state index contributed by atoms with van der Waals surface area (Å²) in [6.07, 6.45) is 0.969. The van der Waals surface area contributed by atoms with E-state index in [1.54, 1.807) is 24.0 Å². The molecule has 9 heteroatoms. The van der Waals surface area contributed by atoms with Crippen molar-refractivity contribution < 1.29 is 26.9 Å². The third kappa shape index (κ3) is 8.22. The molecule has 2 aromatic rings. The van der Waals surface area contributed by atoms with Gasteiger partial charge in [0.1, 0.15) is 12.3 Å². The molecule has 0 bridgehead atoms. The Morgan fingerprint density at radius 2 is 1.55 bits per heavy atom. The molecule has 2 aromatic carbocycles. The van der Waals surface area contributed by atoms with E-state index < -0.39 is 22.1 Å². The summed E-state index contributed by atoms with van der Waals surface area (Å²) in [5, 5.41) is 2.56. The lowest BCUT2D eigenvalue weighted by molar-refractivity contribution is -0.141. The maximum atomic E-state index is 12.6. The standard InChI is InChI=1S/C20H24N2O6S/c1-3-27-19(23)13-21-20(24)22(14-16-7-5-4-6-8-16)15-17-9-11-18(12-10-17)28-29(2,25)26/h4-12H,3,13-15H2,1-2H3,(H,21,24). The monoisotopic (exact) mass is 420 g/mol. The summed E-state index contributed by atoms with van der Waals surface area (Å²) >= 11 is 0. The van der Waals surface area contributed by atoms with Crippen molar-refractivity contribution in [3.63, 3.8) is 0 Å². The number of carbonyl (C=O) groups is 2. The number of amides is 2. The van der Waals surface area contributed by atoms with Crippen molar-refractivity contribution in [2.75, 3.05) is 19.4 Å². The summed E-state index contributed by atoms with van der Waals surface area (Å²) in [6, 6.07) is 15.4. The highest BCUT2D eigenvalue weighted by Crippen LogP contribution is 2.16. The molecule has 0 saturated carbocycles. The third-order valence-electron chi connectivity index (χ3n) is 3.74. The van der Waals surface area contributed by atoms with Gasteiger partial charge in [0.15, 0.2) is 0 Å². The minimum atomic E-state index is -3.61. The number of nitrogens with zero attached hydrogens (tertiary/aromatic N) is 1. The van der Waals surface area contributed by atoms with Gasteiger partial charge in [0.05, 0.1) is 12.9 Å². The van der Waals surface area contributed by atoms with Gasteiger partial charge in [0.2, 0.25) is 0 Å². The van der Waals surface area contributed by atoms with Gasteiger partial charge in [-0.3, -0.25) is 4.79 Å². The summed E-state index contributed by atoms with van der Waals surface area (Å²) in [7, 11) is -3.61. The van der Waals surface area contributed by atoms with Gasteiger partial charge in [-0.05, 0) is 30.2 Å².